The van der Waals surface area contributed by atoms with Gasteiger partial charge in [-0.1, -0.05) is 35.9 Å². The maximum atomic E-state index is 3.20. The highest BCUT2D eigenvalue weighted by atomic mass is 15.1. The van der Waals surface area contributed by atoms with Crippen molar-refractivity contribution in [1.82, 2.24) is 10.2 Å². The minimum Gasteiger partial charge on any atom is -0.316 e. The van der Waals surface area contributed by atoms with E-state index in [1.54, 1.807) is 0 Å². The zero-order valence-corrected chi connectivity index (χ0v) is 10.9. The van der Waals surface area contributed by atoms with E-state index in [-0.39, 0.29) is 0 Å². The predicted molar refractivity (Wildman–Crippen MR) is 72.9 cm³/mol. The summed E-state index contributed by atoms with van der Waals surface area (Å²) in [6.07, 6.45) is 3.57. The molecule has 1 aromatic carbocycles. The van der Waals surface area contributed by atoms with E-state index < -0.39 is 0 Å². The van der Waals surface area contributed by atoms with Crippen LogP contribution >= 0.6 is 0 Å². The largest absolute Gasteiger partial charge is 0.316 e. The Labute approximate surface area is 104 Å². The molecule has 0 saturated carbocycles. The van der Waals surface area contributed by atoms with Gasteiger partial charge in [0.05, 0.1) is 0 Å². The highest BCUT2D eigenvalue weighted by molar-refractivity contribution is 5.23. The number of hydrogen-bond donors (Lipinski definition) is 1. The molecule has 2 rings (SSSR count). The third-order valence-electron chi connectivity index (χ3n) is 3.30. The summed E-state index contributed by atoms with van der Waals surface area (Å²) in [6.45, 7) is 6.54. The van der Waals surface area contributed by atoms with E-state index in [9.17, 15) is 0 Å². The van der Waals surface area contributed by atoms with Crippen molar-refractivity contribution >= 4 is 0 Å². The third-order valence-corrected chi connectivity index (χ3v) is 3.30. The molecule has 2 nitrogen and oxygen atoms in total. The van der Waals surface area contributed by atoms with Crippen molar-refractivity contribution in [3.63, 3.8) is 0 Å². The fraction of sp³-hybridized carbons (Fsp3) is 0.467. The van der Waals surface area contributed by atoms with E-state index in [0.29, 0.717) is 0 Å². The van der Waals surface area contributed by atoms with Gasteiger partial charge < -0.3 is 5.32 Å². The Balaban J connectivity index is 1.96. The molecule has 1 aromatic rings. The zero-order chi connectivity index (χ0) is 12.1. The average Bonchev–Trinajstić information content (AvgIpc) is 2.33. The van der Waals surface area contributed by atoms with Crippen LogP contribution in [-0.4, -0.2) is 25.0 Å². The van der Waals surface area contributed by atoms with Gasteiger partial charge >= 0.3 is 0 Å². The normalized spacial score (nSPS) is 16.9. The molecule has 0 amide bonds. The van der Waals surface area contributed by atoms with Gasteiger partial charge in [-0.25, -0.2) is 0 Å². The fourth-order valence-corrected chi connectivity index (χ4v) is 2.26. The molecule has 0 fully saturated rings. The van der Waals surface area contributed by atoms with Crippen LogP contribution in [-0.2, 0) is 13.1 Å². The van der Waals surface area contributed by atoms with Crippen molar-refractivity contribution in [2.24, 2.45) is 0 Å². The van der Waals surface area contributed by atoms with E-state index in [4.69, 9.17) is 0 Å². The van der Waals surface area contributed by atoms with Crippen LogP contribution in [0.4, 0.5) is 0 Å². The highest BCUT2D eigenvalue weighted by Gasteiger charge is 2.09. The molecule has 1 N–H and O–H groups in total. The first-order valence-electron chi connectivity index (χ1n) is 6.38. The molecule has 92 valence electrons. The van der Waals surface area contributed by atoms with Crippen LogP contribution in [0.3, 0.4) is 0 Å². The molecule has 0 spiro atoms. The first-order chi connectivity index (χ1) is 8.28. The Hall–Kier alpha value is -1.12. The first kappa shape index (κ1) is 12.3. The van der Waals surface area contributed by atoms with Crippen LogP contribution in [0.15, 0.2) is 35.9 Å². The van der Waals surface area contributed by atoms with Crippen LogP contribution in [0.5, 0.6) is 0 Å². The maximum absolute atomic E-state index is 3.20. The van der Waals surface area contributed by atoms with E-state index in [0.717, 1.165) is 19.6 Å². The van der Waals surface area contributed by atoms with Gasteiger partial charge in [-0.05, 0) is 31.5 Å². The molecule has 1 heterocycles. The second-order valence-electron chi connectivity index (χ2n) is 4.89. The van der Waals surface area contributed by atoms with Gasteiger partial charge in [-0.2, -0.15) is 0 Å². The Bertz CT molecular complexity index is 396. The molecule has 1 aliphatic heterocycles. The average molecular weight is 230 g/mol. The Morgan fingerprint density at radius 2 is 2.12 bits per heavy atom. The lowest BCUT2D eigenvalue weighted by atomic mass is 10.1. The molecule has 0 saturated heterocycles. The SMILES string of the molecule is CNCc1cccc(CN2CC=C(C)CC2)c1. The quantitative estimate of drug-likeness (QED) is 0.800. The summed E-state index contributed by atoms with van der Waals surface area (Å²) >= 11 is 0. The van der Waals surface area contributed by atoms with Crippen LogP contribution in [0.2, 0.25) is 0 Å². The Morgan fingerprint density at radius 1 is 1.29 bits per heavy atom. The zero-order valence-electron chi connectivity index (χ0n) is 10.9. The summed E-state index contributed by atoms with van der Waals surface area (Å²) in [5.74, 6) is 0. The van der Waals surface area contributed by atoms with Crippen molar-refractivity contribution < 1.29 is 0 Å². The fourth-order valence-electron chi connectivity index (χ4n) is 2.26. The van der Waals surface area contributed by atoms with Gasteiger partial charge in [0.15, 0.2) is 0 Å². The van der Waals surface area contributed by atoms with Gasteiger partial charge in [0.25, 0.3) is 0 Å². The van der Waals surface area contributed by atoms with Crippen molar-refractivity contribution in [3.05, 3.63) is 47.0 Å². The molecule has 2 heteroatoms. The van der Waals surface area contributed by atoms with Gasteiger partial charge in [-0.3, -0.25) is 4.90 Å². The lowest BCUT2D eigenvalue weighted by molar-refractivity contribution is 0.286. The van der Waals surface area contributed by atoms with Crippen LogP contribution in [0.25, 0.3) is 0 Å². The van der Waals surface area contributed by atoms with Gasteiger partial charge in [0.1, 0.15) is 0 Å². The van der Waals surface area contributed by atoms with Crippen molar-refractivity contribution in [2.45, 2.75) is 26.4 Å². The highest BCUT2D eigenvalue weighted by Crippen LogP contribution is 2.14. The van der Waals surface area contributed by atoms with Crippen LogP contribution in [0, 0.1) is 0 Å². The lowest BCUT2D eigenvalue weighted by Gasteiger charge is -2.25. The second-order valence-corrected chi connectivity index (χ2v) is 4.89. The third kappa shape index (κ3) is 3.69. The lowest BCUT2D eigenvalue weighted by Crippen LogP contribution is -2.27. The van der Waals surface area contributed by atoms with E-state index in [1.807, 2.05) is 7.05 Å². The van der Waals surface area contributed by atoms with Crippen molar-refractivity contribution in [3.8, 4) is 0 Å². The molecule has 1 aliphatic rings. The number of rotatable bonds is 4. The van der Waals surface area contributed by atoms with Crippen molar-refractivity contribution in [2.75, 3.05) is 20.1 Å². The van der Waals surface area contributed by atoms with E-state index >= 15 is 0 Å². The minimum absolute atomic E-state index is 0.951. The molecular formula is C15H22N2. The van der Waals surface area contributed by atoms with Crippen LogP contribution in [0.1, 0.15) is 24.5 Å². The molecule has 0 unspecified atom stereocenters. The van der Waals surface area contributed by atoms with Gasteiger partial charge in [-0.15, -0.1) is 0 Å². The number of nitrogens with zero attached hydrogens (tertiary/aromatic N) is 1. The predicted octanol–water partition coefficient (Wildman–Crippen LogP) is 2.56. The smallest absolute Gasteiger partial charge is 0.0237 e. The molecule has 17 heavy (non-hydrogen) atoms. The summed E-state index contributed by atoms with van der Waals surface area (Å²) in [5, 5.41) is 3.20. The maximum Gasteiger partial charge on any atom is 0.0237 e. The number of hydrogen-bond acceptors (Lipinski definition) is 2. The number of nitrogens with one attached hydrogen (secondary N) is 1. The summed E-state index contributed by atoms with van der Waals surface area (Å²) in [6, 6.07) is 8.87. The standard InChI is InChI=1S/C15H22N2/c1-13-6-8-17(9-7-13)12-15-5-3-4-14(10-15)11-16-2/h3-6,10,16H,7-9,11-12H2,1-2H3. The molecule has 0 aliphatic carbocycles. The topological polar surface area (TPSA) is 15.3 Å². The monoisotopic (exact) mass is 230 g/mol. The van der Waals surface area contributed by atoms with E-state index in [2.05, 4.69) is 47.5 Å². The van der Waals surface area contributed by atoms with Crippen molar-refractivity contribution in [1.29, 1.82) is 0 Å². The molecular weight excluding hydrogens is 208 g/mol. The molecule has 0 atom stereocenters. The van der Waals surface area contributed by atoms with Gasteiger partial charge in [0.2, 0.25) is 0 Å². The second kappa shape index (κ2) is 5.99. The van der Waals surface area contributed by atoms with E-state index in [1.165, 1.54) is 29.7 Å². The minimum atomic E-state index is 0.951. The summed E-state index contributed by atoms with van der Waals surface area (Å²) in [4.78, 5) is 2.51. The van der Waals surface area contributed by atoms with Gasteiger partial charge in [0, 0.05) is 26.2 Å². The first-order valence-corrected chi connectivity index (χ1v) is 6.38. The van der Waals surface area contributed by atoms with Crippen LogP contribution < -0.4 is 5.32 Å². The summed E-state index contributed by atoms with van der Waals surface area (Å²) in [5.41, 5.74) is 4.32. The molecule has 0 radical (unpaired) electrons. The summed E-state index contributed by atoms with van der Waals surface area (Å²) in [7, 11) is 1.99. The Kier molecular flexibility index (Phi) is 4.35. The molecule has 0 bridgehead atoms. The molecule has 0 aromatic heterocycles. The summed E-state index contributed by atoms with van der Waals surface area (Å²) < 4.78 is 0. The Morgan fingerprint density at radius 3 is 2.82 bits per heavy atom. The number of benzene rings is 1.